The van der Waals surface area contributed by atoms with Crippen molar-refractivity contribution in [2.45, 2.75) is 17.2 Å². The van der Waals surface area contributed by atoms with Gasteiger partial charge in [0.1, 0.15) is 0 Å². The average molecular weight is 473 g/mol. The summed E-state index contributed by atoms with van der Waals surface area (Å²) in [5, 5.41) is 3.06. The van der Waals surface area contributed by atoms with Gasteiger partial charge in [-0.3, -0.25) is 4.79 Å². The van der Waals surface area contributed by atoms with Crippen LogP contribution < -0.4 is 10.0 Å². The molecule has 0 saturated carbocycles. The number of rotatable bonds is 9. The molecule has 4 rings (SSSR count). The van der Waals surface area contributed by atoms with Gasteiger partial charge in [-0.2, -0.15) is 0 Å². The van der Waals surface area contributed by atoms with Crippen LogP contribution in [0.15, 0.2) is 120 Å². The topological polar surface area (TPSA) is 75.3 Å². The first-order valence-electron chi connectivity index (χ1n) is 11.3. The summed E-state index contributed by atoms with van der Waals surface area (Å²) in [5.41, 5.74) is 0.954. The highest BCUT2D eigenvalue weighted by Crippen LogP contribution is 2.41. The van der Waals surface area contributed by atoms with Crippen LogP contribution in [0.25, 0.3) is 0 Å². The van der Waals surface area contributed by atoms with Gasteiger partial charge < -0.3 is 5.32 Å². The summed E-state index contributed by atoms with van der Waals surface area (Å²) in [5.74, 6) is -0.539. The summed E-state index contributed by atoms with van der Waals surface area (Å²) in [6.45, 7) is 0.386. The van der Waals surface area contributed by atoms with Crippen LogP contribution in [0.4, 0.5) is 0 Å². The number of benzene rings is 3. The molecule has 6 heteroatoms. The fourth-order valence-corrected chi connectivity index (χ4v) is 5.35. The smallest absolute Gasteiger partial charge is 0.240 e. The Hall–Kier alpha value is -3.48. The fourth-order valence-electron chi connectivity index (χ4n) is 4.24. The second kappa shape index (κ2) is 10.6. The van der Waals surface area contributed by atoms with Gasteiger partial charge >= 0.3 is 0 Å². The van der Waals surface area contributed by atoms with Gasteiger partial charge in [-0.05, 0) is 29.7 Å². The molecule has 0 bridgehead atoms. The zero-order chi connectivity index (χ0) is 23.9. The van der Waals surface area contributed by atoms with Crippen LogP contribution >= 0.6 is 0 Å². The molecule has 0 saturated heterocycles. The summed E-state index contributed by atoms with van der Waals surface area (Å²) >= 11 is 0. The maximum absolute atomic E-state index is 13.7. The molecule has 34 heavy (non-hydrogen) atoms. The van der Waals surface area contributed by atoms with Gasteiger partial charge in [-0.1, -0.05) is 103 Å². The number of amides is 1. The summed E-state index contributed by atoms with van der Waals surface area (Å²) in [7, 11) is -3.79. The van der Waals surface area contributed by atoms with Crippen molar-refractivity contribution in [2.24, 2.45) is 5.41 Å². The lowest BCUT2D eigenvalue weighted by Crippen LogP contribution is -2.51. The van der Waals surface area contributed by atoms with E-state index in [0.29, 0.717) is 13.0 Å². The van der Waals surface area contributed by atoms with E-state index in [4.69, 9.17) is 0 Å². The molecule has 1 aliphatic carbocycles. The Balaban J connectivity index is 1.61. The lowest BCUT2D eigenvalue weighted by Gasteiger charge is -2.37. The van der Waals surface area contributed by atoms with Gasteiger partial charge in [0.25, 0.3) is 0 Å². The van der Waals surface area contributed by atoms with Gasteiger partial charge in [0.2, 0.25) is 15.9 Å². The molecule has 0 radical (unpaired) electrons. The molecule has 2 N–H and O–H groups in total. The Kier molecular flexibility index (Phi) is 7.40. The molecule has 3 aromatic rings. The van der Waals surface area contributed by atoms with Crippen LogP contribution in [0.1, 0.15) is 17.0 Å². The van der Waals surface area contributed by atoms with Crippen LogP contribution in [0, 0.1) is 5.41 Å². The number of hydrogen-bond acceptors (Lipinski definition) is 3. The fraction of sp³-hybridized carbons (Fsp3) is 0.179. The number of nitrogens with one attached hydrogen (secondary N) is 2. The number of allylic oxidation sites excluding steroid dienone is 3. The Labute approximate surface area is 201 Å². The zero-order valence-corrected chi connectivity index (χ0v) is 19.6. The van der Waals surface area contributed by atoms with Crippen LogP contribution in [0.3, 0.4) is 0 Å². The number of carbonyl (C=O) groups excluding carboxylic acids is 1. The molecule has 0 aliphatic heterocycles. The largest absolute Gasteiger partial charge is 0.355 e. The predicted molar refractivity (Wildman–Crippen MR) is 135 cm³/mol. The first kappa shape index (κ1) is 23.7. The third-order valence-electron chi connectivity index (χ3n) is 6.09. The predicted octanol–water partition coefficient (Wildman–Crippen LogP) is 4.22. The van der Waals surface area contributed by atoms with Crippen LogP contribution in [0.2, 0.25) is 0 Å². The second-order valence-corrected chi connectivity index (χ2v) is 10.1. The van der Waals surface area contributed by atoms with E-state index in [0.717, 1.165) is 11.1 Å². The van der Waals surface area contributed by atoms with Gasteiger partial charge in [0.05, 0.1) is 10.3 Å². The third kappa shape index (κ3) is 5.35. The van der Waals surface area contributed by atoms with Crippen LogP contribution in [-0.2, 0) is 21.2 Å². The molecule has 0 spiro atoms. The normalized spacial score (nSPS) is 19.6. The quantitative estimate of drug-likeness (QED) is 0.490. The molecule has 0 heterocycles. The highest BCUT2D eigenvalue weighted by atomic mass is 32.2. The van der Waals surface area contributed by atoms with E-state index in [2.05, 4.69) is 10.0 Å². The highest BCUT2D eigenvalue weighted by molar-refractivity contribution is 7.89. The van der Waals surface area contributed by atoms with Crippen molar-refractivity contribution in [1.29, 1.82) is 0 Å². The van der Waals surface area contributed by atoms with Gasteiger partial charge in [0.15, 0.2) is 0 Å². The summed E-state index contributed by atoms with van der Waals surface area (Å²) in [6.07, 6.45) is 8.18. The first-order chi connectivity index (χ1) is 16.5. The van der Waals surface area contributed by atoms with Crippen LogP contribution in [0.5, 0.6) is 0 Å². The summed E-state index contributed by atoms with van der Waals surface area (Å²) < 4.78 is 28.7. The molecule has 1 aliphatic rings. The van der Waals surface area contributed by atoms with E-state index in [9.17, 15) is 13.2 Å². The molecular weight excluding hydrogens is 444 g/mol. The van der Waals surface area contributed by atoms with E-state index < -0.39 is 15.4 Å². The van der Waals surface area contributed by atoms with E-state index in [-0.39, 0.29) is 23.3 Å². The third-order valence-corrected chi connectivity index (χ3v) is 7.51. The molecule has 0 fully saturated rings. The SMILES string of the molecule is O=C(NCCc1ccccc1)C1(CNS(=O)(=O)c2ccccc2)C=CC=CC1c1ccccc1. The van der Waals surface area contributed by atoms with Crippen molar-refractivity contribution >= 4 is 15.9 Å². The lowest BCUT2D eigenvalue weighted by molar-refractivity contribution is -0.128. The number of sulfonamides is 1. The highest BCUT2D eigenvalue weighted by Gasteiger charge is 2.44. The molecule has 2 atom stereocenters. The van der Waals surface area contributed by atoms with Gasteiger partial charge in [0, 0.05) is 19.0 Å². The number of hydrogen-bond donors (Lipinski definition) is 2. The Morgan fingerprint density at radius 3 is 2.12 bits per heavy atom. The maximum Gasteiger partial charge on any atom is 0.240 e. The Morgan fingerprint density at radius 2 is 1.44 bits per heavy atom. The molecule has 0 aromatic heterocycles. The van der Waals surface area contributed by atoms with Gasteiger partial charge in [-0.25, -0.2) is 13.1 Å². The maximum atomic E-state index is 13.7. The summed E-state index contributed by atoms with van der Waals surface area (Å²) in [6, 6.07) is 27.8. The van der Waals surface area contributed by atoms with E-state index in [1.54, 1.807) is 30.3 Å². The van der Waals surface area contributed by atoms with Crippen molar-refractivity contribution in [2.75, 3.05) is 13.1 Å². The minimum absolute atomic E-state index is 0.0677. The van der Waals surface area contributed by atoms with E-state index in [1.165, 1.54) is 0 Å². The van der Waals surface area contributed by atoms with E-state index in [1.807, 2.05) is 85.0 Å². The Morgan fingerprint density at radius 1 is 0.824 bits per heavy atom. The van der Waals surface area contributed by atoms with Crippen molar-refractivity contribution < 1.29 is 13.2 Å². The first-order valence-corrected chi connectivity index (χ1v) is 12.8. The average Bonchev–Trinajstić information content (AvgIpc) is 2.89. The molecule has 3 aromatic carbocycles. The van der Waals surface area contributed by atoms with Gasteiger partial charge in [-0.15, -0.1) is 0 Å². The van der Waals surface area contributed by atoms with Crippen molar-refractivity contribution in [3.05, 3.63) is 126 Å². The second-order valence-electron chi connectivity index (χ2n) is 8.30. The monoisotopic (exact) mass is 472 g/mol. The molecule has 5 nitrogen and oxygen atoms in total. The minimum atomic E-state index is -3.79. The standard InChI is InChI=1S/C28H28N2O3S/c31-27(29-21-19-23-12-4-1-5-13-23)28(22-30-34(32,33)25-16-8-3-9-17-25)20-11-10-18-26(28)24-14-6-2-7-15-24/h1-18,20,26,30H,19,21-22H2,(H,29,31). The molecule has 174 valence electrons. The minimum Gasteiger partial charge on any atom is -0.355 e. The molecular formula is C28H28N2O3S. The summed E-state index contributed by atoms with van der Waals surface area (Å²) in [4.78, 5) is 13.9. The molecule has 1 amide bonds. The molecule has 2 unspecified atom stereocenters. The zero-order valence-electron chi connectivity index (χ0n) is 18.8. The van der Waals surface area contributed by atoms with Crippen LogP contribution in [-0.4, -0.2) is 27.4 Å². The number of carbonyl (C=O) groups is 1. The lowest BCUT2D eigenvalue weighted by atomic mass is 9.69. The van der Waals surface area contributed by atoms with Crippen molar-refractivity contribution in [3.8, 4) is 0 Å². The Bertz CT molecular complexity index is 1260. The van der Waals surface area contributed by atoms with Crippen molar-refractivity contribution in [1.82, 2.24) is 10.0 Å². The van der Waals surface area contributed by atoms with Crippen molar-refractivity contribution in [3.63, 3.8) is 0 Å². The van der Waals surface area contributed by atoms with E-state index >= 15 is 0 Å².